The lowest BCUT2D eigenvalue weighted by molar-refractivity contribution is -0.111. The fourth-order valence-electron chi connectivity index (χ4n) is 1.12. The van der Waals surface area contributed by atoms with Crippen molar-refractivity contribution < 1.29 is 4.79 Å². The van der Waals surface area contributed by atoms with Crippen LogP contribution in [0.15, 0.2) is 35.9 Å². The highest BCUT2D eigenvalue weighted by Gasteiger charge is 1.99. The Morgan fingerprint density at radius 2 is 2.12 bits per heavy atom. The van der Waals surface area contributed by atoms with Crippen LogP contribution < -0.4 is 5.32 Å². The summed E-state index contributed by atoms with van der Waals surface area (Å²) >= 11 is 7.02. The Hall–Kier alpha value is -1.72. The highest BCUT2D eigenvalue weighted by Crippen LogP contribution is 2.11. The van der Waals surface area contributed by atoms with E-state index < -0.39 is 0 Å². The molecule has 4 nitrogen and oxygen atoms in total. The molecule has 1 aromatic carbocycles. The minimum absolute atomic E-state index is 0.239. The Labute approximate surface area is 107 Å². The van der Waals surface area contributed by atoms with E-state index in [1.54, 1.807) is 23.7 Å². The van der Waals surface area contributed by atoms with Crippen LogP contribution in [0.5, 0.6) is 0 Å². The summed E-state index contributed by atoms with van der Waals surface area (Å²) in [5.41, 5.74) is 2.46. The molecular formula is C11H8ClN3OS. The van der Waals surface area contributed by atoms with Gasteiger partial charge in [-0.3, -0.25) is 10.1 Å². The quantitative estimate of drug-likeness (QED) is 0.869. The summed E-state index contributed by atoms with van der Waals surface area (Å²) in [6, 6.07) is 7.20. The Balaban J connectivity index is 1.96. The first-order chi connectivity index (χ1) is 8.24. The van der Waals surface area contributed by atoms with Crippen molar-refractivity contribution in [1.82, 2.24) is 10.2 Å². The van der Waals surface area contributed by atoms with Gasteiger partial charge in [0.05, 0.1) is 0 Å². The molecule has 6 heteroatoms. The molecule has 1 aromatic heterocycles. The molecule has 0 aliphatic carbocycles. The van der Waals surface area contributed by atoms with E-state index >= 15 is 0 Å². The number of anilines is 1. The molecule has 0 atom stereocenters. The summed E-state index contributed by atoms with van der Waals surface area (Å²) in [6.07, 6.45) is 3.14. The van der Waals surface area contributed by atoms with Gasteiger partial charge in [-0.1, -0.05) is 35.1 Å². The van der Waals surface area contributed by atoms with Gasteiger partial charge in [0.15, 0.2) is 0 Å². The first kappa shape index (κ1) is 11.8. The van der Waals surface area contributed by atoms with Crippen LogP contribution in [0.4, 0.5) is 5.13 Å². The zero-order valence-electron chi connectivity index (χ0n) is 8.63. The third-order valence-corrected chi connectivity index (χ3v) is 2.75. The van der Waals surface area contributed by atoms with E-state index in [2.05, 4.69) is 15.5 Å². The van der Waals surface area contributed by atoms with Crippen molar-refractivity contribution in [3.05, 3.63) is 46.4 Å². The summed E-state index contributed by atoms with van der Waals surface area (Å²) in [7, 11) is 0. The van der Waals surface area contributed by atoms with Crippen LogP contribution in [0, 0.1) is 0 Å². The highest BCUT2D eigenvalue weighted by atomic mass is 35.5. The average molecular weight is 266 g/mol. The summed E-state index contributed by atoms with van der Waals surface area (Å²) in [5, 5.41) is 11.1. The van der Waals surface area contributed by atoms with Crippen molar-refractivity contribution in [2.24, 2.45) is 0 Å². The predicted molar refractivity (Wildman–Crippen MR) is 69.0 cm³/mol. The van der Waals surface area contributed by atoms with E-state index in [4.69, 9.17) is 11.6 Å². The maximum atomic E-state index is 11.5. The lowest BCUT2D eigenvalue weighted by atomic mass is 10.2. The number of nitrogens with one attached hydrogen (secondary N) is 1. The number of carbonyl (C=O) groups excluding carboxylic acids is 1. The van der Waals surface area contributed by atoms with E-state index in [1.807, 2.05) is 12.1 Å². The smallest absolute Gasteiger partial charge is 0.250 e. The monoisotopic (exact) mass is 265 g/mol. The van der Waals surface area contributed by atoms with Gasteiger partial charge in [0.2, 0.25) is 11.0 Å². The normalized spacial score (nSPS) is 10.6. The number of nitrogens with zero attached hydrogens (tertiary/aromatic N) is 2. The molecule has 0 aliphatic rings. The molecule has 0 saturated heterocycles. The van der Waals surface area contributed by atoms with E-state index in [1.165, 1.54) is 17.4 Å². The molecule has 0 saturated carbocycles. The van der Waals surface area contributed by atoms with Crippen LogP contribution >= 0.6 is 22.9 Å². The summed E-state index contributed by atoms with van der Waals surface area (Å²) < 4.78 is 0. The van der Waals surface area contributed by atoms with Gasteiger partial charge in [0.25, 0.3) is 0 Å². The second-order valence-corrected chi connectivity index (χ2v) is 4.39. The molecule has 1 heterocycles. The van der Waals surface area contributed by atoms with Crippen LogP contribution in [0.25, 0.3) is 6.08 Å². The summed E-state index contributed by atoms with van der Waals surface area (Å²) in [4.78, 5) is 11.5. The molecule has 1 N–H and O–H groups in total. The topological polar surface area (TPSA) is 54.9 Å². The van der Waals surface area contributed by atoms with Gasteiger partial charge >= 0.3 is 0 Å². The molecule has 0 radical (unpaired) electrons. The molecular weight excluding hydrogens is 258 g/mol. The average Bonchev–Trinajstić information content (AvgIpc) is 2.81. The number of amides is 1. The highest BCUT2D eigenvalue weighted by molar-refractivity contribution is 7.13. The zero-order chi connectivity index (χ0) is 12.1. The molecule has 1 amide bonds. The number of hydrogen-bond donors (Lipinski definition) is 1. The molecule has 0 bridgehead atoms. The number of halogens is 1. The van der Waals surface area contributed by atoms with Gasteiger partial charge in [-0.05, 0) is 23.8 Å². The third-order valence-electron chi connectivity index (χ3n) is 1.89. The lowest BCUT2D eigenvalue weighted by Gasteiger charge is -1.95. The number of hydrogen-bond acceptors (Lipinski definition) is 4. The summed E-state index contributed by atoms with van der Waals surface area (Å²) in [5.74, 6) is -0.239. The van der Waals surface area contributed by atoms with Gasteiger partial charge in [0, 0.05) is 11.1 Å². The fourth-order valence-corrected chi connectivity index (χ4v) is 1.69. The van der Waals surface area contributed by atoms with Crippen molar-refractivity contribution in [1.29, 1.82) is 0 Å². The zero-order valence-corrected chi connectivity index (χ0v) is 10.2. The Kier molecular flexibility index (Phi) is 3.85. The second-order valence-electron chi connectivity index (χ2n) is 3.12. The molecule has 0 unspecified atom stereocenters. The van der Waals surface area contributed by atoms with Crippen LogP contribution in [0.1, 0.15) is 5.56 Å². The van der Waals surface area contributed by atoms with Crippen molar-refractivity contribution in [2.75, 3.05) is 5.32 Å². The van der Waals surface area contributed by atoms with Crippen molar-refractivity contribution in [3.8, 4) is 0 Å². The van der Waals surface area contributed by atoms with Gasteiger partial charge in [-0.25, -0.2) is 0 Å². The Morgan fingerprint density at radius 1 is 1.35 bits per heavy atom. The Morgan fingerprint density at radius 3 is 2.76 bits per heavy atom. The Bertz CT molecular complexity index is 522. The number of benzene rings is 1. The second kappa shape index (κ2) is 5.56. The SMILES string of the molecule is O=C(/C=C/c1ccc(Cl)cc1)Nc1nncs1. The first-order valence-electron chi connectivity index (χ1n) is 4.75. The fraction of sp³-hybridized carbons (Fsp3) is 0. The van der Waals surface area contributed by atoms with Crippen LogP contribution in [-0.2, 0) is 4.79 Å². The molecule has 0 spiro atoms. The van der Waals surface area contributed by atoms with Crippen molar-refractivity contribution in [3.63, 3.8) is 0 Å². The number of rotatable bonds is 3. The maximum Gasteiger partial charge on any atom is 0.250 e. The van der Waals surface area contributed by atoms with E-state index in [0.717, 1.165) is 5.56 Å². The predicted octanol–water partition coefficient (Wildman–Crippen LogP) is 2.84. The van der Waals surface area contributed by atoms with Gasteiger partial charge in [0.1, 0.15) is 5.51 Å². The molecule has 2 aromatic rings. The van der Waals surface area contributed by atoms with Crippen molar-refractivity contribution in [2.45, 2.75) is 0 Å². The number of carbonyl (C=O) groups is 1. The van der Waals surface area contributed by atoms with Crippen LogP contribution in [-0.4, -0.2) is 16.1 Å². The maximum absolute atomic E-state index is 11.5. The first-order valence-corrected chi connectivity index (χ1v) is 6.00. The molecule has 86 valence electrons. The van der Waals surface area contributed by atoms with E-state index in [0.29, 0.717) is 10.2 Å². The molecule has 2 rings (SSSR count). The van der Waals surface area contributed by atoms with Crippen molar-refractivity contribution >= 4 is 40.1 Å². The van der Waals surface area contributed by atoms with Crippen LogP contribution in [0.2, 0.25) is 5.02 Å². The van der Waals surface area contributed by atoms with E-state index in [9.17, 15) is 4.79 Å². The third kappa shape index (κ3) is 3.65. The number of aromatic nitrogens is 2. The van der Waals surface area contributed by atoms with Crippen LogP contribution in [0.3, 0.4) is 0 Å². The van der Waals surface area contributed by atoms with E-state index in [-0.39, 0.29) is 5.91 Å². The minimum atomic E-state index is -0.239. The van der Waals surface area contributed by atoms with Gasteiger partial charge < -0.3 is 0 Å². The minimum Gasteiger partial charge on any atom is -0.297 e. The molecule has 0 aliphatic heterocycles. The molecule has 0 fully saturated rings. The summed E-state index contributed by atoms with van der Waals surface area (Å²) in [6.45, 7) is 0. The molecule has 17 heavy (non-hydrogen) atoms. The van der Waals surface area contributed by atoms with Gasteiger partial charge in [-0.2, -0.15) is 0 Å². The van der Waals surface area contributed by atoms with Gasteiger partial charge in [-0.15, -0.1) is 10.2 Å². The largest absolute Gasteiger partial charge is 0.297 e. The lowest BCUT2D eigenvalue weighted by Crippen LogP contribution is -2.07. The standard InChI is InChI=1S/C11H8ClN3OS/c12-9-4-1-8(2-5-9)3-6-10(16)14-11-15-13-7-17-11/h1-7H,(H,14,15,16)/b6-3+.